The Kier molecular flexibility index (Phi) is 7.05. The Hall–Kier alpha value is -3.36. The topological polar surface area (TPSA) is 62.1 Å². The molecule has 1 amide bonds. The van der Waals surface area contributed by atoms with Crippen molar-refractivity contribution in [3.63, 3.8) is 0 Å². The van der Waals surface area contributed by atoms with Gasteiger partial charge in [-0.2, -0.15) is 5.26 Å². The molecule has 0 unspecified atom stereocenters. The van der Waals surface area contributed by atoms with Crippen LogP contribution in [0, 0.1) is 25.2 Å². The quantitative estimate of drug-likeness (QED) is 0.354. The van der Waals surface area contributed by atoms with Crippen LogP contribution in [-0.4, -0.2) is 12.5 Å². The van der Waals surface area contributed by atoms with Crippen LogP contribution >= 0.6 is 15.9 Å². The van der Waals surface area contributed by atoms with Crippen molar-refractivity contribution < 1.29 is 9.53 Å². The third-order valence-electron chi connectivity index (χ3n) is 4.61. The Morgan fingerprint density at radius 1 is 1.07 bits per heavy atom. The van der Waals surface area contributed by atoms with Crippen molar-refractivity contribution in [1.29, 1.82) is 5.26 Å². The second-order valence-electron chi connectivity index (χ2n) is 6.89. The molecule has 0 heterocycles. The standard InChI is InChI=1S/C25H21BrN2O2/c1-17-6-11-23(12-18(17)2)28-25(29)16-30-24-5-3-4-19(14-24)13-21(15-27)20-7-9-22(26)10-8-20/h3-14H,16H2,1-2H3,(H,28,29). The molecule has 1 N–H and O–H groups in total. The van der Waals surface area contributed by atoms with E-state index in [2.05, 4.69) is 27.3 Å². The maximum Gasteiger partial charge on any atom is 0.262 e. The largest absolute Gasteiger partial charge is 0.484 e. The number of aryl methyl sites for hydroxylation is 2. The molecule has 0 spiro atoms. The fraction of sp³-hybridized carbons (Fsp3) is 0.120. The maximum atomic E-state index is 12.2. The Morgan fingerprint density at radius 3 is 2.53 bits per heavy atom. The third-order valence-corrected chi connectivity index (χ3v) is 5.13. The first-order chi connectivity index (χ1) is 14.4. The minimum atomic E-state index is -0.230. The molecule has 4 nitrogen and oxygen atoms in total. The Morgan fingerprint density at radius 2 is 1.83 bits per heavy atom. The number of hydrogen-bond donors (Lipinski definition) is 1. The summed E-state index contributed by atoms with van der Waals surface area (Å²) in [6.45, 7) is 3.93. The molecule has 0 aliphatic rings. The number of nitrogens with one attached hydrogen (secondary N) is 1. The summed E-state index contributed by atoms with van der Waals surface area (Å²) in [5, 5.41) is 12.4. The van der Waals surface area contributed by atoms with Crippen LogP contribution in [0.4, 0.5) is 5.69 Å². The van der Waals surface area contributed by atoms with Crippen molar-refractivity contribution in [2.45, 2.75) is 13.8 Å². The number of amides is 1. The van der Waals surface area contributed by atoms with Gasteiger partial charge in [0.2, 0.25) is 0 Å². The molecule has 3 aromatic rings. The van der Waals surface area contributed by atoms with Crippen LogP contribution in [0.1, 0.15) is 22.3 Å². The minimum absolute atomic E-state index is 0.0993. The van der Waals surface area contributed by atoms with Gasteiger partial charge >= 0.3 is 0 Å². The SMILES string of the molecule is Cc1ccc(NC(=O)COc2cccc(C=C(C#N)c3ccc(Br)cc3)c2)cc1C. The van der Waals surface area contributed by atoms with Crippen LogP contribution in [0.3, 0.4) is 0 Å². The lowest BCUT2D eigenvalue weighted by atomic mass is 10.0. The molecule has 5 heteroatoms. The lowest BCUT2D eigenvalue weighted by molar-refractivity contribution is -0.118. The number of nitriles is 1. The highest BCUT2D eigenvalue weighted by Crippen LogP contribution is 2.22. The number of carbonyl (C=O) groups excluding carboxylic acids is 1. The van der Waals surface area contributed by atoms with Gasteiger partial charge in [0, 0.05) is 10.2 Å². The van der Waals surface area contributed by atoms with Gasteiger partial charge in [0.25, 0.3) is 5.91 Å². The minimum Gasteiger partial charge on any atom is -0.484 e. The van der Waals surface area contributed by atoms with Crippen LogP contribution in [0.5, 0.6) is 5.75 Å². The Labute approximate surface area is 184 Å². The number of benzene rings is 3. The number of rotatable bonds is 6. The lowest BCUT2D eigenvalue weighted by Gasteiger charge is -2.09. The van der Waals surface area contributed by atoms with Crippen molar-refractivity contribution in [2.24, 2.45) is 0 Å². The number of halogens is 1. The highest BCUT2D eigenvalue weighted by atomic mass is 79.9. The van der Waals surface area contributed by atoms with Gasteiger partial charge in [0.15, 0.2) is 6.61 Å². The number of allylic oxidation sites excluding steroid dienone is 1. The first-order valence-electron chi connectivity index (χ1n) is 9.42. The summed E-state index contributed by atoms with van der Waals surface area (Å²) in [6.07, 6.45) is 1.80. The first kappa shape index (κ1) is 21.4. The number of hydrogen-bond acceptors (Lipinski definition) is 3. The van der Waals surface area contributed by atoms with E-state index in [9.17, 15) is 10.1 Å². The fourth-order valence-corrected chi connectivity index (χ4v) is 3.10. The second-order valence-corrected chi connectivity index (χ2v) is 7.80. The summed E-state index contributed by atoms with van der Waals surface area (Å²) in [6, 6.07) is 22.9. The molecule has 0 fully saturated rings. The Bertz CT molecular complexity index is 1130. The van der Waals surface area contributed by atoms with E-state index in [1.165, 1.54) is 5.56 Å². The summed E-state index contributed by atoms with van der Waals surface area (Å²) in [4.78, 5) is 12.2. The fourth-order valence-electron chi connectivity index (χ4n) is 2.84. The average molecular weight is 461 g/mol. The summed E-state index contributed by atoms with van der Waals surface area (Å²) >= 11 is 3.40. The van der Waals surface area contributed by atoms with Crippen molar-refractivity contribution in [1.82, 2.24) is 0 Å². The number of nitrogens with zero attached hydrogens (tertiary/aromatic N) is 1. The maximum absolute atomic E-state index is 12.2. The van der Waals surface area contributed by atoms with Gasteiger partial charge in [-0.05, 0) is 78.6 Å². The van der Waals surface area contributed by atoms with E-state index in [1.54, 1.807) is 18.2 Å². The van der Waals surface area contributed by atoms with E-state index >= 15 is 0 Å². The van der Waals surface area contributed by atoms with E-state index in [0.717, 1.165) is 26.9 Å². The monoisotopic (exact) mass is 460 g/mol. The van der Waals surface area contributed by atoms with E-state index < -0.39 is 0 Å². The second kappa shape index (κ2) is 9.91. The van der Waals surface area contributed by atoms with Crippen LogP contribution in [0.15, 0.2) is 71.2 Å². The van der Waals surface area contributed by atoms with Gasteiger partial charge in [-0.15, -0.1) is 0 Å². The highest BCUT2D eigenvalue weighted by Gasteiger charge is 2.06. The molecule has 0 saturated heterocycles. The van der Waals surface area contributed by atoms with Crippen molar-refractivity contribution in [2.75, 3.05) is 11.9 Å². The predicted octanol–water partition coefficient (Wildman–Crippen LogP) is 6.15. The molecule has 30 heavy (non-hydrogen) atoms. The predicted molar refractivity (Wildman–Crippen MR) is 124 cm³/mol. The van der Waals surface area contributed by atoms with Gasteiger partial charge in [-0.1, -0.05) is 46.3 Å². The van der Waals surface area contributed by atoms with Gasteiger partial charge in [-0.25, -0.2) is 0 Å². The van der Waals surface area contributed by atoms with E-state index in [1.807, 2.05) is 68.4 Å². The molecule has 0 aromatic heterocycles. The van der Waals surface area contributed by atoms with Gasteiger partial charge in [0.1, 0.15) is 5.75 Å². The molecule has 3 aromatic carbocycles. The smallest absolute Gasteiger partial charge is 0.262 e. The molecule has 0 atom stereocenters. The van der Waals surface area contributed by atoms with Gasteiger partial charge in [-0.3, -0.25) is 4.79 Å². The normalized spacial score (nSPS) is 10.9. The summed E-state index contributed by atoms with van der Waals surface area (Å²) in [5.74, 6) is 0.332. The molecule has 3 rings (SSSR count). The highest BCUT2D eigenvalue weighted by molar-refractivity contribution is 9.10. The van der Waals surface area contributed by atoms with Crippen molar-refractivity contribution in [3.05, 3.63) is 93.5 Å². The molecular weight excluding hydrogens is 440 g/mol. The van der Waals surface area contributed by atoms with Crippen LogP contribution in [0.2, 0.25) is 0 Å². The zero-order valence-electron chi connectivity index (χ0n) is 16.8. The zero-order chi connectivity index (χ0) is 21.5. The van der Waals surface area contributed by atoms with Crippen LogP contribution < -0.4 is 10.1 Å². The van der Waals surface area contributed by atoms with E-state index in [4.69, 9.17) is 4.74 Å². The molecule has 0 saturated carbocycles. The van der Waals surface area contributed by atoms with E-state index in [0.29, 0.717) is 11.3 Å². The van der Waals surface area contributed by atoms with Gasteiger partial charge in [0.05, 0.1) is 11.6 Å². The van der Waals surface area contributed by atoms with Crippen molar-refractivity contribution >= 4 is 39.2 Å². The summed E-state index contributed by atoms with van der Waals surface area (Å²) < 4.78 is 6.60. The van der Waals surface area contributed by atoms with Crippen LogP contribution in [-0.2, 0) is 4.79 Å². The van der Waals surface area contributed by atoms with Crippen LogP contribution in [0.25, 0.3) is 11.6 Å². The molecule has 0 radical (unpaired) electrons. The molecule has 150 valence electrons. The van der Waals surface area contributed by atoms with Gasteiger partial charge < -0.3 is 10.1 Å². The molecule has 0 bridgehead atoms. The number of ether oxygens (including phenoxy) is 1. The first-order valence-corrected chi connectivity index (χ1v) is 10.2. The zero-order valence-corrected chi connectivity index (χ0v) is 18.4. The number of carbonyl (C=O) groups is 1. The average Bonchev–Trinajstić information content (AvgIpc) is 2.74. The van der Waals surface area contributed by atoms with E-state index in [-0.39, 0.29) is 12.5 Å². The lowest BCUT2D eigenvalue weighted by Crippen LogP contribution is -2.20. The summed E-state index contributed by atoms with van der Waals surface area (Å²) in [7, 11) is 0. The third kappa shape index (κ3) is 5.82. The Balaban J connectivity index is 1.66. The van der Waals surface area contributed by atoms with Crippen molar-refractivity contribution in [3.8, 4) is 11.8 Å². The molecule has 0 aliphatic heterocycles. The number of anilines is 1. The molecule has 0 aliphatic carbocycles. The summed E-state index contributed by atoms with van der Waals surface area (Å²) in [5.41, 5.74) is 5.24. The molecular formula is C25H21BrN2O2.